The summed E-state index contributed by atoms with van der Waals surface area (Å²) in [4.78, 5) is 2.47. The predicted molar refractivity (Wildman–Crippen MR) is 141 cm³/mol. The summed E-state index contributed by atoms with van der Waals surface area (Å²) >= 11 is 0. The first-order valence-electron chi connectivity index (χ1n) is 13.7. The van der Waals surface area contributed by atoms with Crippen molar-refractivity contribution in [1.82, 2.24) is 9.21 Å². The van der Waals surface area contributed by atoms with Crippen LogP contribution in [0.1, 0.15) is 65.7 Å². The van der Waals surface area contributed by atoms with E-state index in [4.69, 9.17) is 0 Å². The van der Waals surface area contributed by atoms with Gasteiger partial charge in [-0.3, -0.25) is 0 Å². The number of hydrogen-bond acceptors (Lipinski definition) is 5. The zero-order chi connectivity index (χ0) is 25.4. The van der Waals surface area contributed by atoms with Crippen LogP contribution in [0.15, 0.2) is 35.5 Å². The summed E-state index contributed by atoms with van der Waals surface area (Å²) < 4.78 is 26.1. The monoisotopic (exact) mass is 506 g/mol. The summed E-state index contributed by atoms with van der Waals surface area (Å²) in [5.74, 6) is 2.04. The van der Waals surface area contributed by atoms with Gasteiger partial charge in [-0.25, -0.2) is 8.42 Å². The molecule has 0 spiro atoms. The van der Waals surface area contributed by atoms with E-state index < -0.39 is 22.2 Å². The molecule has 1 saturated heterocycles. The first-order valence-corrected chi connectivity index (χ1v) is 15.3. The fourth-order valence-electron chi connectivity index (χ4n) is 7.59. The predicted octanol–water partition coefficient (Wildman–Crippen LogP) is 3.73. The maximum Gasteiger partial charge on any atom is 0.213 e. The molecule has 2 unspecified atom stereocenters. The number of nitrogens with zero attached hydrogens (tertiary/aromatic N) is 2. The van der Waals surface area contributed by atoms with Gasteiger partial charge in [-0.1, -0.05) is 38.2 Å². The van der Waals surface area contributed by atoms with Crippen molar-refractivity contribution >= 4 is 10.0 Å². The van der Waals surface area contributed by atoms with Crippen molar-refractivity contribution in [1.29, 1.82) is 0 Å². The molecule has 35 heavy (non-hydrogen) atoms. The molecule has 0 bridgehead atoms. The zero-order valence-electron chi connectivity index (χ0n) is 22.0. The molecule has 3 aliphatic carbocycles. The Hall–Kier alpha value is -0.990. The van der Waals surface area contributed by atoms with E-state index in [9.17, 15) is 18.6 Å². The molecule has 4 rings (SSSR count). The van der Waals surface area contributed by atoms with Gasteiger partial charge in [-0.2, -0.15) is 4.31 Å². The van der Waals surface area contributed by atoms with Gasteiger partial charge in [-0.15, -0.1) is 0 Å². The summed E-state index contributed by atoms with van der Waals surface area (Å²) in [6.45, 7) is 14.6. The van der Waals surface area contributed by atoms with Gasteiger partial charge in [0.1, 0.15) is 0 Å². The van der Waals surface area contributed by atoms with Gasteiger partial charge in [0.15, 0.2) is 0 Å². The number of aliphatic hydroxyl groups excluding tert-OH is 2. The van der Waals surface area contributed by atoms with E-state index in [-0.39, 0.29) is 5.75 Å². The Morgan fingerprint density at radius 1 is 1.17 bits per heavy atom. The van der Waals surface area contributed by atoms with E-state index in [0.717, 1.165) is 37.2 Å². The van der Waals surface area contributed by atoms with Gasteiger partial charge < -0.3 is 15.1 Å². The van der Waals surface area contributed by atoms with Gasteiger partial charge >= 0.3 is 0 Å². The Bertz CT molecular complexity index is 950. The van der Waals surface area contributed by atoms with Crippen LogP contribution < -0.4 is 0 Å². The highest BCUT2D eigenvalue weighted by molar-refractivity contribution is 7.89. The van der Waals surface area contributed by atoms with E-state index in [2.05, 4.69) is 37.5 Å². The van der Waals surface area contributed by atoms with E-state index in [0.29, 0.717) is 49.1 Å². The molecule has 0 aromatic carbocycles. The third kappa shape index (κ3) is 5.64. The molecule has 0 aromatic heterocycles. The molecule has 0 aromatic rings. The van der Waals surface area contributed by atoms with Crippen LogP contribution in [0.2, 0.25) is 0 Å². The lowest BCUT2D eigenvalue weighted by atomic mass is 9.61. The first kappa shape index (κ1) is 27.1. The first-order chi connectivity index (χ1) is 16.5. The summed E-state index contributed by atoms with van der Waals surface area (Å²) in [7, 11) is -3.08. The van der Waals surface area contributed by atoms with Crippen molar-refractivity contribution in [2.45, 2.75) is 77.9 Å². The second-order valence-electron chi connectivity index (χ2n) is 11.7. The molecule has 3 saturated carbocycles. The number of sulfonamides is 1. The Labute approximate surface area is 212 Å². The molecule has 1 heterocycles. The van der Waals surface area contributed by atoms with Gasteiger partial charge in [-0.05, 0) is 79.8 Å². The molecule has 198 valence electrons. The van der Waals surface area contributed by atoms with Crippen LogP contribution in [0.4, 0.5) is 0 Å². The Morgan fingerprint density at radius 3 is 2.57 bits per heavy atom. The number of fused-ring (bicyclic) bond motifs is 1. The minimum absolute atomic E-state index is 0.188. The molecule has 4 aliphatic rings. The van der Waals surface area contributed by atoms with Crippen molar-refractivity contribution in [3.8, 4) is 0 Å². The number of hydrogen-bond donors (Lipinski definition) is 2. The molecule has 2 N–H and O–H groups in total. The van der Waals surface area contributed by atoms with Gasteiger partial charge in [0, 0.05) is 39.1 Å². The van der Waals surface area contributed by atoms with Gasteiger partial charge in [0.25, 0.3) is 0 Å². The third-order valence-electron chi connectivity index (χ3n) is 9.62. The SMILES string of the molecule is C=C1/C(=C\C=C2/CCC[C@]3(C)[C@@H]([C@H](C)CN4CCN(S(=O)(=O)CC)CC4)CC[C@@H]23)CC(O)CC1O. The van der Waals surface area contributed by atoms with Crippen LogP contribution in [-0.2, 0) is 10.0 Å². The summed E-state index contributed by atoms with van der Waals surface area (Å²) in [5.41, 5.74) is 3.58. The number of aliphatic hydroxyl groups is 2. The smallest absolute Gasteiger partial charge is 0.213 e. The normalized spacial score (nSPS) is 38.7. The number of allylic oxidation sites excluding steroid dienone is 3. The van der Waals surface area contributed by atoms with E-state index >= 15 is 0 Å². The van der Waals surface area contributed by atoms with E-state index in [1.54, 1.807) is 11.2 Å². The fraction of sp³-hybridized carbons (Fsp3) is 0.786. The highest BCUT2D eigenvalue weighted by Crippen LogP contribution is 2.59. The maximum atomic E-state index is 12.2. The van der Waals surface area contributed by atoms with Crippen LogP contribution >= 0.6 is 0 Å². The van der Waals surface area contributed by atoms with E-state index in [1.807, 2.05) is 0 Å². The molecular formula is C28H46N2O4S. The van der Waals surface area contributed by atoms with Crippen LogP contribution in [0.3, 0.4) is 0 Å². The highest BCUT2D eigenvalue weighted by Gasteiger charge is 2.50. The molecule has 7 heteroatoms. The van der Waals surface area contributed by atoms with Crippen LogP contribution in [0, 0.1) is 23.2 Å². The number of piperazine rings is 1. The molecule has 1 aliphatic heterocycles. The topological polar surface area (TPSA) is 81.1 Å². The zero-order valence-corrected chi connectivity index (χ0v) is 22.8. The average Bonchev–Trinajstić information content (AvgIpc) is 3.18. The molecule has 6 nitrogen and oxygen atoms in total. The van der Waals surface area contributed by atoms with Crippen molar-refractivity contribution < 1.29 is 18.6 Å². The van der Waals surface area contributed by atoms with Gasteiger partial charge in [0.2, 0.25) is 10.0 Å². The summed E-state index contributed by atoms with van der Waals surface area (Å²) in [6.07, 6.45) is 10.3. The summed E-state index contributed by atoms with van der Waals surface area (Å²) in [6, 6.07) is 0. The van der Waals surface area contributed by atoms with Crippen molar-refractivity contribution in [3.63, 3.8) is 0 Å². The standard InChI is InChI=1S/C28H46N2O4S/c1-5-35(33,34)30-15-13-29(14-16-30)19-20(2)25-10-11-26-22(7-6-12-28(25,26)4)8-9-23-17-24(31)18-27(32)21(23)3/h8-9,20,24-27,31-32H,3,5-7,10-19H2,1-2,4H3/b22-8+,23-9-/t20-,24?,25-,26+,27?,28-/m1/s1. The van der Waals surface area contributed by atoms with Crippen molar-refractivity contribution in [2.75, 3.05) is 38.5 Å². The average molecular weight is 507 g/mol. The lowest BCUT2D eigenvalue weighted by Gasteiger charge is -2.45. The van der Waals surface area contributed by atoms with Gasteiger partial charge in [0.05, 0.1) is 18.0 Å². The fourth-order valence-corrected chi connectivity index (χ4v) is 8.67. The lowest BCUT2D eigenvalue weighted by Crippen LogP contribution is -2.50. The summed E-state index contributed by atoms with van der Waals surface area (Å²) in [5, 5.41) is 20.3. The van der Waals surface area contributed by atoms with Crippen LogP contribution in [0.5, 0.6) is 0 Å². The van der Waals surface area contributed by atoms with Crippen molar-refractivity contribution in [2.24, 2.45) is 23.2 Å². The second kappa shape index (κ2) is 10.8. The lowest BCUT2D eigenvalue weighted by molar-refractivity contribution is 0.0698. The third-order valence-corrected chi connectivity index (χ3v) is 11.5. The Morgan fingerprint density at radius 2 is 1.89 bits per heavy atom. The minimum Gasteiger partial charge on any atom is -0.393 e. The van der Waals surface area contributed by atoms with E-state index in [1.165, 1.54) is 31.3 Å². The quantitative estimate of drug-likeness (QED) is 0.574. The molecular weight excluding hydrogens is 460 g/mol. The van der Waals surface area contributed by atoms with Crippen LogP contribution in [-0.4, -0.2) is 78.5 Å². The number of rotatable bonds is 6. The van der Waals surface area contributed by atoms with Crippen molar-refractivity contribution in [3.05, 3.63) is 35.5 Å². The maximum absolute atomic E-state index is 12.2. The Balaban J connectivity index is 1.40. The molecule has 0 amide bonds. The second-order valence-corrected chi connectivity index (χ2v) is 14.0. The Kier molecular flexibility index (Phi) is 8.33. The molecule has 4 fully saturated rings. The largest absolute Gasteiger partial charge is 0.393 e. The molecule has 6 atom stereocenters. The van der Waals surface area contributed by atoms with Crippen LogP contribution in [0.25, 0.3) is 0 Å². The highest BCUT2D eigenvalue weighted by atomic mass is 32.2. The molecule has 0 radical (unpaired) electrons. The minimum atomic E-state index is -3.08.